The molecule has 4 nitrogen and oxygen atoms in total. The highest BCUT2D eigenvalue weighted by Gasteiger charge is 2.11. The molecule has 2 aromatic rings. The van der Waals surface area contributed by atoms with Crippen molar-refractivity contribution in [2.45, 2.75) is 0 Å². The fourth-order valence-corrected chi connectivity index (χ4v) is 1.68. The Morgan fingerprint density at radius 2 is 2.12 bits per heavy atom. The molecule has 16 heavy (non-hydrogen) atoms. The molecule has 0 saturated heterocycles. The van der Waals surface area contributed by atoms with Gasteiger partial charge in [-0.15, -0.1) is 0 Å². The van der Waals surface area contributed by atoms with Crippen LogP contribution in [0, 0.1) is 0 Å². The maximum absolute atomic E-state index is 10.9. The highest BCUT2D eigenvalue weighted by atomic mass is 35.5. The number of aromatic amines is 1. The Labute approximate surface area is 101 Å². The molecule has 0 radical (unpaired) electrons. The third kappa shape index (κ3) is 1.89. The largest absolute Gasteiger partial charge is 0.364 e. The van der Waals surface area contributed by atoms with Crippen LogP contribution in [0.15, 0.2) is 24.3 Å². The van der Waals surface area contributed by atoms with E-state index in [0.717, 1.165) is 0 Å². The number of nitrogens with one attached hydrogen (secondary N) is 1. The number of primary amides is 1. The Morgan fingerprint density at radius 3 is 2.75 bits per heavy atom. The molecule has 82 valence electrons. The summed E-state index contributed by atoms with van der Waals surface area (Å²) in [4.78, 5) is 10.9. The Hall–Kier alpha value is -1.52. The molecule has 1 amide bonds. The smallest absolute Gasteiger partial charge is 0.266 e. The van der Waals surface area contributed by atoms with Crippen LogP contribution in [0.2, 0.25) is 10.0 Å². The average molecular weight is 256 g/mol. The summed E-state index contributed by atoms with van der Waals surface area (Å²) in [6, 6.07) is 6.71. The average Bonchev–Trinajstić information content (AvgIpc) is 2.71. The second-order valence-corrected chi connectivity index (χ2v) is 3.92. The Morgan fingerprint density at radius 1 is 1.38 bits per heavy atom. The van der Waals surface area contributed by atoms with Crippen molar-refractivity contribution in [1.29, 1.82) is 0 Å². The van der Waals surface area contributed by atoms with Gasteiger partial charge in [-0.25, -0.2) is 0 Å². The molecule has 0 saturated carbocycles. The Kier molecular flexibility index (Phi) is 2.85. The minimum absolute atomic E-state index is 0.228. The zero-order valence-electron chi connectivity index (χ0n) is 8.00. The molecule has 0 aliphatic heterocycles. The standard InChI is InChI=1S/C10H7Cl2N3O/c11-6-3-1-2-5(9(6)12)7-4-8(10(13)16)15-14-7/h1-4H,(H2,13,16)(H,14,15). The number of nitrogens with two attached hydrogens (primary N) is 1. The maximum Gasteiger partial charge on any atom is 0.266 e. The van der Waals surface area contributed by atoms with Gasteiger partial charge >= 0.3 is 0 Å². The monoisotopic (exact) mass is 255 g/mol. The van der Waals surface area contributed by atoms with Crippen molar-refractivity contribution >= 4 is 29.1 Å². The fraction of sp³-hybridized carbons (Fsp3) is 0. The van der Waals surface area contributed by atoms with E-state index in [4.69, 9.17) is 28.9 Å². The number of rotatable bonds is 2. The molecule has 1 aromatic carbocycles. The predicted molar refractivity (Wildman–Crippen MR) is 62.6 cm³/mol. The molecule has 0 atom stereocenters. The summed E-state index contributed by atoms with van der Waals surface area (Å²) in [6.07, 6.45) is 0. The van der Waals surface area contributed by atoms with Crippen LogP contribution in [-0.2, 0) is 0 Å². The normalized spacial score (nSPS) is 10.4. The van der Waals surface area contributed by atoms with Gasteiger partial charge < -0.3 is 5.73 Å². The predicted octanol–water partition coefficient (Wildman–Crippen LogP) is 2.48. The molecule has 3 N–H and O–H groups in total. The number of H-pyrrole nitrogens is 1. The van der Waals surface area contributed by atoms with Crippen LogP contribution in [0.5, 0.6) is 0 Å². The second-order valence-electron chi connectivity index (χ2n) is 3.13. The number of carbonyl (C=O) groups is 1. The minimum Gasteiger partial charge on any atom is -0.364 e. The van der Waals surface area contributed by atoms with E-state index < -0.39 is 5.91 Å². The number of amides is 1. The van der Waals surface area contributed by atoms with E-state index in [2.05, 4.69) is 10.2 Å². The van der Waals surface area contributed by atoms with Crippen molar-refractivity contribution in [3.05, 3.63) is 40.0 Å². The number of benzene rings is 1. The van der Waals surface area contributed by atoms with Crippen LogP contribution in [0.1, 0.15) is 10.5 Å². The molecule has 0 unspecified atom stereocenters. The van der Waals surface area contributed by atoms with Crippen molar-refractivity contribution in [3.63, 3.8) is 0 Å². The van der Waals surface area contributed by atoms with Gasteiger partial charge in [0.15, 0.2) is 0 Å². The van der Waals surface area contributed by atoms with E-state index in [1.165, 1.54) is 6.07 Å². The summed E-state index contributed by atoms with van der Waals surface area (Å²) in [5, 5.41) is 7.29. The molecule has 6 heteroatoms. The first-order valence-electron chi connectivity index (χ1n) is 4.39. The van der Waals surface area contributed by atoms with Crippen molar-refractivity contribution in [2.75, 3.05) is 0 Å². The van der Waals surface area contributed by atoms with Crippen molar-refractivity contribution in [1.82, 2.24) is 10.2 Å². The molecule has 0 aliphatic rings. The van der Waals surface area contributed by atoms with Gasteiger partial charge in [-0.1, -0.05) is 35.3 Å². The van der Waals surface area contributed by atoms with Crippen LogP contribution < -0.4 is 5.73 Å². The summed E-state index contributed by atoms with van der Waals surface area (Å²) >= 11 is 11.9. The number of aromatic nitrogens is 2. The first-order chi connectivity index (χ1) is 7.59. The molecule has 2 rings (SSSR count). The van der Waals surface area contributed by atoms with Crippen molar-refractivity contribution in [3.8, 4) is 11.3 Å². The van der Waals surface area contributed by atoms with Gasteiger partial charge in [-0.3, -0.25) is 9.89 Å². The lowest BCUT2D eigenvalue weighted by atomic mass is 10.1. The van der Waals surface area contributed by atoms with Crippen LogP contribution in [0.25, 0.3) is 11.3 Å². The van der Waals surface area contributed by atoms with Gasteiger partial charge in [-0.2, -0.15) is 5.10 Å². The molecule has 0 bridgehead atoms. The van der Waals surface area contributed by atoms with Gasteiger partial charge in [0.1, 0.15) is 5.69 Å². The van der Waals surface area contributed by atoms with Gasteiger partial charge in [0.25, 0.3) is 5.91 Å². The fourth-order valence-electron chi connectivity index (χ4n) is 1.29. The quantitative estimate of drug-likeness (QED) is 0.866. The molecule has 0 aliphatic carbocycles. The van der Waals surface area contributed by atoms with Crippen LogP contribution >= 0.6 is 23.2 Å². The number of hydrogen-bond donors (Lipinski definition) is 2. The van der Waals surface area contributed by atoms with E-state index in [1.807, 2.05) is 0 Å². The maximum atomic E-state index is 10.9. The van der Waals surface area contributed by atoms with Gasteiger partial charge in [0, 0.05) is 5.56 Å². The van der Waals surface area contributed by atoms with E-state index in [0.29, 0.717) is 21.3 Å². The summed E-state index contributed by atoms with van der Waals surface area (Å²) in [6.45, 7) is 0. The number of nitrogens with zero attached hydrogens (tertiary/aromatic N) is 1. The van der Waals surface area contributed by atoms with Gasteiger partial charge in [0.2, 0.25) is 0 Å². The Balaban J connectivity index is 2.50. The van der Waals surface area contributed by atoms with Gasteiger partial charge in [0.05, 0.1) is 15.7 Å². The third-order valence-electron chi connectivity index (χ3n) is 2.07. The zero-order chi connectivity index (χ0) is 11.7. The molecule has 0 fully saturated rings. The first kappa shape index (κ1) is 11.0. The number of hydrogen-bond acceptors (Lipinski definition) is 2. The summed E-state index contributed by atoms with van der Waals surface area (Å²) in [5.41, 5.74) is 6.51. The lowest BCUT2D eigenvalue weighted by molar-refractivity contribution is 0.0995. The van der Waals surface area contributed by atoms with E-state index in [9.17, 15) is 4.79 Å². The molecule has 1 aromatic heterocycles. The van der Waals surface area contributed by atoms with Crippen molar-refractivity contribution in [2.24, 2.45) is 5.73 Å². The lowest BCUT2D eigenvalue weighted by Crippen LogP contribution is -2.10. The minimum atomic E-state index is -0.572. The summed E-state index contributed by atoms with van der Waals surface area (Å²) < 4.78 is 0. The highest BCUT2D eigenvalue weighted by Crippen LogP contribution is 2.32. The zero-order valence-corrected chi connectivity index (χ0v) is 9.51. The summed E-state index contributed by atoms with van der Waals surface area (Å²) in [5.74, 6) is -0.572. The van der Waals surface area contributed by atoms with Crippen molar-refractivity contribution < 1.29 is 4.79 Å². The molecular weight excluding hydrogens is 249 g/mol. The lowest BCUT2D eigenvalue weighted by Gasteiger charge is -2.01. The molecule has 1 heterocycles. The van der Waals surface area contributed by atoms with Crippen LogP contribution in [0.3, 0.4) is 0 Å². The van der Waals surface area contributed by atoms with Gasteiger partial charge in [-0.05, 0) is 12.1 Å². The summed E-state index contributed by atoms with van der Waals surface area (Å²) in [7, 11) is 0. The third-order valence-corrected chi connectivity index (χ3v) is 2.89. The topological polar surface area (TPSA) is 71.8 Å². The first-order valence-corrected chi connectivity index (χ1v) is 5.15. The van der Waals surface area contributed by atoms with Crippen LogP contribution in [-0.4, -0.2) is 16.1 Å². The van der Waals surface area contributed by atoms with E-state index in [1.54, 1.807) is 18.2 Å². The number of carbonyl (C=O) groups excluding carboxylic acids is 1. The van der Waals surface area contributed by atoms with Crippen LogP contribution in [0.4, 0.5) is 0 Å². The van der Waals surface area contributed by atoms with E-state index >= 15 is 0 Å². The second kappa shape index (κ2) is 4.15. The highest BCUT2D eigenvalue weighted by molar-refractivity contribution is 6.43. The SMILES string of the molecule is NC(=O)c1cc(-c2cccc(Cl)c2Cl)n[nH]1. The Bertz CT molecular complexity index is 551. The number of halogens is 2. The molecule has 0 spiro atoms. The molecular formula is C10H7Cl2N3O. The van der Waals surface area contributed by atoms with E-state index in [-0.39, 0.29) is 5.69 Å².